The first-order valence-corrected chi connectivity index (χ1v) is 7.40. The minimum Gasteiger partial charge on any atom is -0.387 e. The Morgan fingerprint density at radius 3 is 2.57 bits per heavy atom. The Balaban J connectivity index is 2.58. The number of hydrazine groups is 1. The second kappa shape index (κ2) is 9.24. The van der Waals surface area contributed by atoms with Gasteiger partial charge in [-0.2, -0.15) is 4.99 Å². The summed E-state index contributed by atoms with van der Waals surface area (Å²) in [5, 5.41) is 15.0. The van der Waals surface area contributed by atoms with Crippen LogP contribution in [0.25, 0.3) is 0 Å². The van der Waals surface area contributed by atoms with E-state index in [4.69, 9.17) is 16.6 Å². The lowest BCUT2D eigenvalue weighted by Crippen LogP contribution is -2.36. The van der Waals surface area contributed by atoms with Crippen molar-refractivity contribution in [3.63, 3.8) is 0 Å². The Kier molecular flexibility index (Phi) is 7.62. The van der Waals surface area contributed by atoms with Gasteiger partial charge in [-0.25, -0.2) is 10.4 Å². The molecule has 0 aromatic heterocycles. The monoisotopic (exact) mass is 356 g/mol. The average Bonchev–Trinajstić information content (AvgIpc) is 2.49. The number of rotatable bonds is 5. The van der Waals surface area contributed by atoms with Crippen LogP contribution in [0.2, 0.25) is 0 Å². The first-order chi connectivity index (χ1) is 10.0. The van der Waals surface area contributed by atoms with Gasteiger partial charge in [-0.3, -0.25) is 10.8 Å². The number of aliphatic imine (C=N–C) groups is 2. The van der Waals surface area contributed by atoms with Crippen LogP contribution in [0.3, 0.4) is 0 Å². The molecule has 0 saturated carbocycles. The zero-order valence-electron chi connectivity index (χ0n) is 11.8. The molecule has 0 unspecified atom stereocenters. The fourth-order valence-electron chi connectivity index (χ4n) is 1.78. The second-order valence-electron chi connectivity index (χ2n) is 4.48. The van der Waals surface area contributed by atoms with Crippen LogP contribution in [0.1, 0.15) is 19.3 Å². The summed E-state index contributed by atoms with van der Waals surface area (Å²) in [4.78, 5) is 10.1. The molecule has 6 N–H and O–H groups in total. The number of nitrogens with one attached hydrogen (secondary N) is 4. The molecule has 0 amide bonds. The quantitative estimate of drug-likeness (QED) is 0.216. The van der Waals surface area contributed by atoms with Crippen molar-refractivity contribution in [3.05, 3.63) is 10.7 Å². The smallest absolute Gasteiger partial charge is 0.226 e. The van der Waals surface area contributed by atoms with Crippen LogP contribution in [-0.2, 0) is 0 Å². The third kappa shape index (κ3) is 6.50. The number of piperidine rings is 1. The zero-order chi connectivity index (χ0) is 15.7. The van der Waals surface area contributed by atoms with Gasteiger partial charge in [0.15, 0.2) is 5.84 Å². The number of hydrogen-bond acceptors (Lipinski definition) is 4. The molecule has 1 rings (SSSR count). The number of guanidine groups is 1. The van der Waals surface area contributed by atoms with E-state index < -0.39 is 0 Å². The van der Waals surface area contributed by atoms with E-state index in [2.05, 4.69) is 43.5 Å². The highest BCUT2D eigenvalue weighted by Gasteiger charge is 2.14. The number of amidine groups is 2. The lowest BCUT2D eigenvalue weighted by Gasteiger charge is -2.27. The topological polar surface area (TPSA) is 126 Å². The van der Waals surface area contributed by atoms with Gasteiger partial charge in [-0.1, -0.05) is 0 Å². The Morgan fingerprint density at radius 2 is 2.00 bits per heavy atom. The van der Waals surface area contributed by atoms with Gasteiger partial charge in [0.05, 0.1) is 11.0 Å². The summed E-state index contributed by atoms with van der Waals surface area (Å²) < 4.78 is 0.455. The van der Waals surface area contributed by atoms with E-state index in [0.29, 0.717) is 10.4 Å². The molecule has 0 spiro atoms. The molecule has 0 radical (unpaired) electrons. The SMILES string of the molecule is C=NC(=NC(=N)C(Br)=CNNCC(=N)N)N1CCCCC1. The highest BCUT2D eigenvalue weighted by molar-refractivity contribution is 9.12. The molecule has 0 aromatic carbocycles. The van der Waals surface area contributed by atoms with Gasteiger partial charge >= 0.3 is 0 Å². The van der Waals surface area contributed by atoms with Crippen LogP contribution in [-0.4, -0.2) is 48.9 Å². The van der Waals surface area contributed by atoms with E-state index in [1.807, 2.05) is 4.90 Å². The summed E-state index contributed by atoms with van der Waals surface area (Å²) >= 11 is 3.25. The largest absolute Gasteiger partial charge is 0.387 e. The molecule has 0 aromatic rings. The molecule has 0 bridgehead atoms. The van der Waals surface area contributed by atoms with Crippen molar-refractivity contribution in [1.29, 1.82) is 10.8 Å². The van der Waals surface area contributed by atoms with Crippen molar-refractivity contribution in [2.75, 3.05) is 19.6 Å². The second-order valence-corrected chi connectivity index (χ2v) is 5.34. The Bertz CT molecular complexity index is 450. The number of likely N-dealkylation sites (tertiary alicyclic amines) is 1. The van der Waals surface area contributed by atoms with Crippen LogP contribution in [0.4, 0.5) is 0 Å². The first kappa shape index (κ1) is 17.3. The third-order valence-electron chi connectivity index (χ3n) is 2.80. The van der Waals surface area contributed by atoms with Gasteiger partial charge in [-0.15, -0.1) is 0 Å². The molecule has 1 fully saturated rings. The molecule has 21 heavy (non-hydrogen) atoms. The summed E-state index contributed by atoms with van der Waals surface area (Å²) in [5.74, 6) is 0.533. The number of halogens is 1. The van der Waals surface area contributed by atoms with Crippen molar-refractivity contribution < 1.29 is 0 Å². The normalized spacial score (nSPS) is 16.5. The fourth-order valence-corrected chi connectivity index (χ4v) is 1.99. The van der Waals surface area contributed by atoms with Gasteiger partial charge in [0.1, 0.15) is 5.84 Å². The fraction of sp³-hybridized carbons (Fsp3) is 0.500. The number of hydrogen-bond donors (Lipinski definition) is 5. The maximum absolute atomic E-state index is 7.92. The van der Waals surface area contributed by atoms with E-state index in [1.54, 1.807) is 0 Å². The van der Waals surface area contributed by atoms with E-state index >= 15 is 0 Å². The van der Waals surface area contributed by atoms with Gasteiger partial charge in [0.25, 0.3) is 0 Å². The van der Waals surface area contributed by atoms with Crippen molar-refractivity contribution in [2.45, 2.75) is 19.3 Å². The summed E-state index contributed by atoms with van der Waals surface area (Å²) in [6, 6.07) is 0. The molecule has 1 saturated heterocycles. The minimum absolute atomic E-state index is 0.0170. The Hall–Kier alpha value is -1.74. The van der Waals surface area contributed by atoms with E-state index in [0.717, 1.165) is 25.9 Å². The molecule has 1 heterocycles. The Morgan fingerprint density at radius 1 is 1.33 bits per heavy atom. The predicted molar refractivity (Wildman–Crippen MR) is 90.2 cm³/mol. The number of nitrogens with zero attached hydrogens (tertiary/aromatic N) is 3. The maximum Gasteiger partial charge on any atom is 0.226 e. The molecule has 116 valence electrons. The van der Waals surface area contributed by atoms with Crippen LogP contribution in [0, 0.1) is 10.8 Å². The van der Waals surface area contributed by atoms with E-state index in [9.17, 15) is 0 Å². The summed E-state index contributed by atoms with van der Waals surface area (Å²) in [7, 11) is 0. The van der Waals surface area contributed by atoms with Crippen molar-refractivity contribution in [1.82, 2.24) is 15.8 Å². The van der Waals surface area contributed by atoms with Crippen molar-refractivity contribution >= 4 is 40.3 Å². The number of nitrogens with two attached hydrogens (primary N) is 1. The first-order valence-electron chi connectivity index (χ1n) is 6.61. The molecular weight excluding hydrogens is 336 g/mol. The summed E-state index contributed by atoms with van der Waals surface area (Å²) in [5.41, 5.74) is 10.6. The lowest BCUT2D eigenvalue weighted by atomic mass is 10.1. The predicted octanol–water partition coefficient (Wildman–Crippen LogP) is 0.773. The van der Waals surface area contributed by atoms with Gasteiger partial charge in [0, 0.05) is 19.3 Å². The van der Waals surface area contributed by atoms with Crippen LogP contribution in [0.15, 0.2) is 20.7 Å². The molecule has 8 nitrogen and oxygen atoms in total. The summed E-state index contributed by atoms with van der Waals surface area (Å²) in [6.07, 6.45) is 4.95. The molecule has 9 heteroatoms. The minimum atomic E-state index is 0.0170. The highest BCUT2D eigenvalue weighted by Crippen LogP contribution is 2.12. The maximum atomic E-state index is 7.92. The van der Waals surface area contributed by atoms with Gasteiger partial charge < -0.3 is 16.1 Å². The standard InChI is InChI=1S/C12H21BrN8/c1-17-12(21-5-3-2-4-6-21)20-11(16)9(13)7-18-19-8-10(14)15/h7,16,18-19H,1-6,8H2,(H3,14,15). The molecule has 1 aliphatic heterocycles. The Labute approximate surface area is 132 Å². The molecule has 0 atom stereocenters. The molecule has 1 aliphatic rings. The van der Waals surface area contributed by atoms with Crippen molar-refractivity contribution in [2.24, 2.45) is 15.7 Å². The van der Waals surface area contributed by atoms with Crippen LogP contribution in [0.5, 0.6) is 0 Å². The van der Waals surface area contributed by atoms with Crippen LogP contribution < -0.4 is 16.6 Å². The molecule has 0 aliphatic carbocycles. The summed E-state index contributed by atoms with van der Waals surface area (Å²) in [6.45, 7) is 5.52. The van der Waals surface area contributed by atoms with Gasteiger partial charge in [0.2, 0.25) is 5.96 Å². The van der Waals surface area contributed by atoms with Gasteiger partial charge in [-0.05, 0) is 41.9 Å². The van der Waals surface area contributed by atoms with Crippen LogP contribution >= 0.6 is 15.9 Å². The third-order valence-corrected chi connectivity index (χ3v) is 3.40. The van der Waals surface area contributed by atoms with E-state index in [1.165, 1.54) is 12.6 Å². The lowest BCUT2D eigenvalue weighted by molar-refractivity contribution is 0.340. The highest BCUT2D eigenvalue weighted by atomic mass is 79.9. The average molecular weight is 357 g/mol. The van der Waals surface area contributed by atoms with E-state index in [-0.39, 0.29) is 18.2 Å². The van der Waals surface area contributed by atoms with Crippen molar-refractivity contribution in [3.8, 4) is 0 Å². The molecular formula is C12H21BrN8. The zero-order valence-corrected chi connectivity index (χ0v) is 13.4.